The molecule has 0 aliphatic heterocycles. The molecule has 0 saturated heterocycles. The monoisotopic (exact) mass is 211 g/mol. The van der Waals surface area contributed by atoms with Crippen LogP contribution in [0.1, 0.15) is 32.2 Å². The van der Waals surface area contributed by atoms with Gasteiger partial charge >= 0.3 is 0 Å². The van der Waals surface area contributed by atoms with Crippen molar-refractivity contribution < 1.29 is 4.74 Å². The summed E-state index contributed by atoms with van der Waals surface area (Å²) in [5, 5.41) is 4.39. The maximum atomic E-state index is 5.87. The van der Waals surface area contributed by atoms with Gasteiger partial charge in [0.15, 0.2) is 0 Å². The highest BCUT2D eigenvalue weighted by atomic mass is 16.5. The molecule has 1 aromatic heterocycles. The van der Waals surface area contributed by atoms with E-state index in [1.54, 1.807) is 0 Å². The highest BCUT2D eigenvalue weighted by molar-refractivity contribution is 5.46. The minimum atomic E-state index is -0.204. The van der Waals surface area contributed by atoms with Gasteiger partial charge in [-0.1, -0.05) is 0 Å². The molecule has 86 valence electrons. The molecular weight excluding hydrogens is 190 g/mol. The van der Waals surface area contributed by atoms with Crippen LogP contribution in [0.5, 0.6) is 0 Å². The van der Waals surface area contributed by atoms with Gasteiger partial charge in [-0.05, 0) is 34.6 Å². The largest absolute Gasteiger partial charge is 0.396 e. The summed E-state index contributed by atoms with van der Waals surface area (Å²) in [6.07, 6.45) is 0. The Bertz CT molecular complexity index is 342. The van der Waals surface area contributed by atoms with Crippen molar-refractivity contribution in [3.05, 3.63) is 11.4 Å². The first kappa shape index (κ1) is 12.0. The third kappa shape index (κ3) is 2.72. The van der Waals surface area contributed by atoms with Crippen molar-refractivity contribution >= 4 is 5.69 Å². The zero-order valence-electron chi connectivity index (χ0n) is 10.3. The molecular formula is C11H21N3O. The number of anilines is 1. The van der Waals surface area contributed by atoms with Gasteiger partial charge < -0.3 is 10.5 Å². The average Bonchev–Trinajstić information content (AvgIpc) is 2.33. The van der Waals surface area contributed by atoms with Crippen molar-refractivity contribution in [1.29, 1.82) is 0 Å². The summed E-state index contributed by atoms with van der Waals surface area (Å²) in [6, 6.07) is 0. The summed E-state index contributed by atoms with van der Waals surface area (Å²) < 4.78 is 7.55. The number of nitrogens with two attached hydrogens (primary N) is 1. The summed E-state index contributed by atoms with van der Waals surface area (Å²) in [6.45, 7) is 11.5. The number of hydrogen-bond acceptors (Lipinski definition) is 3. The van der Waals surface area contributed by atoms with Gasteiger partial charge in [0.25, 0.3) is 0 Å². The molecule has 15 heavy (non-hydrogen) atoms. The van der Waals surface area contributed by atoms with Crippen molar-refractivity contribution in [1.82, 2.24) is 9.78 Å². The summed E-state index contributed by atoms with van der Waals surface area (Å²) in [5.74, 6) is 0. The molecule has 0 atom stereocenters. The van der Waals surface area contributed by atoms with Crippen molar-refractivity contribution in [2.24, 2.45) is 0 Å². The number of aryl methyl sites for hydroxylation is 1. The normalized spacial score (nSPS) is 12.1. The zero-order valence-corrected chi connectivity index (χ0v) is 10.3. The van der Waals surface area contributed by atoms with Gasteiger partial charge in [0.1, 0.15) is 0 Å². The molecule has 0 fully saturated rings. The number of rotatable bonds is 4. The lowest BCUT2D eigenvalue weighted by molar-refractivity contribution is -0.0250. The predicted molar refractivity (Wildman–Crippen MR) is 61.8 cm³/mol. The van der Waals surface area contributed by atoms with E-state index < -0.39 is 0 Å². The summed E-state index contributed by atoms with van der Waals surface area (Å²) in [5.41, 5.74) is 8.35. The molecule has 0 amide bonds. The fourth-order valence-electron chi connectivity index (χ4n) is 1.66. The number of hydrogen-bond donors (Lipinski definition) is 1. The van der Waals surface area contributed by atoms with Crippen LogP contribution in [-0.2, 0) is 11.3 Å². The zero-order chi connectivity index (χ0) is 11.6. The second-order valence-electron chi connectivity index (χ2n) is 4.43. The first-order valence-electron chi connectivity index (χ1n) is 5.31. The minimum Gasteiger partial charge on any atom is -0.396 e. The third-order valence-corrected chi connectivity index (χ3v) is 2.50. The van der Waals surface area contributed by atoms with Crippen molar-refractivity contribution in [2.45, 2.75) is 46.8 Å². The average molecular weight is 211 g/mol. The lowest BCUT2D eigenvalue weighted by atomic mass is 10.1. The Balaban J connectivity index is 2.85. The summed E-state index contributed by atoms with van der Waals surface area (Å²) in [4.78, 5) is 0. The first-order valence-corrected chi connectivity index (χ1v) is 5.31. The van der Waals surface area contributed by atoms with Crippen LogP contribution in [0.4, 0.5) is 5.69 Å². The van der Waals surface area contributed by atoms with E-state index in [0.717, 1.165) is 23.6 Å². The molecule has 1 rings (SSSR count). The number of nitrogen functional groups attached to an aromatic ring is 1. The molecule has 2 N–H and O–H groups in total. The topological polar surface area (TPSA) is 53.1 Å². The summed E-state index contributed by atoms with van der Waals surface area (Å²) in [7, 11) is 0. The van der Waals surface area contributed by atoms with Crippen LogP contribution < -0.4 is 5.73 Å². The van der Waals surface area contributed by atoms with Gasteiger partial charge in [-0.25, -0.2) is 0 Å². The quantitative estimate of drug-likeness (QED) is 0.827. The molecule has 4 nitrogen and oxygen atoms in total. The molecule has 0 aromatic carbocycles. The van der Waals surface area contributed by atoms with Gasteiger partial charge in [-0.15, -0.1) is 0 Å². The predicted octanol–water partition coefficient (Wildman–Crippen LogP) is 1.90. The molecule has 0 radical (unpaired) electrons. The highest BCUT2D eigenvalue weighted by Gasteiger charge is 2.21. The molecule has 0 aliphatic rings. The Hall–Kier alpha value is -1.03. The number of aromatic nitrogens is 2. The Morgan fingerprint density at radius 3 is 2.40 bits per heavy atom. The van der Waals surface area contributed by atoms with E-state index in [1.807, 2.05) is 25.5 Å². The van der Waals surface area contributed by atoms with Gasteiger partial charge in [0.05, 0.1) is 29.2 Å². The molecule has 4 heteroatoms. The van der Waals surface area contributed by atoms with Gasteiger partial charge in [-0.2, -0.15) is 5.10 Å². The van der Waals surface area contributed by atoms with Gasteiger partial charge in [-0.3, -0.25) is 4.68 Å². The van der Waals surface area contributed by atoms with E-state index in [0.29, 0.717) is 6.61 Å². The fraction of sp³-hybridized carbons (Fsp3) is 0.727. The van der Waals surface area contributed by atoms with Gasteiger partial charge in [0.2, 0.25) is 0 Å². The van der Waals surface area contributed by atoms with E-state index in [2.05, 4.69) is 18.9 Å². The van der Waals surface area contributed by atoms with Crippen LogP contribution in [0.25, 0.3) is 0 Å². The van der Waals surface area contributed by atoms with Crippen molar-refractivity contribution in [3.8, 4) is 0 Å². The van der Waals surface area contributed by atoms with Crippen molar-refractivity contribution in [2.75, 3.05) is 12.3 Å². The van der Waals surface area contributed by atoms with Crippen LogP contribution in [0.15, 0.2) is 0 Å². The Labute approximate surface area is 91.4 Å². The standard InChI is InChI=1S/C11H21N3O/c1-6-15-11(4,5)7-14-9(3)10(12)8(2)13-14/h6-7,12H2,1-5H3. The molecule has 0 aliphatic carbocycles. The van der Waals surface area contributed by atoms with Crippen LogP contribution in [-0.4, -0.2) is 22.0 Å². The maximum Gasteiger partial charge on any atom is 0.0825 e. The van der Waals surface area contributed by atoms with E-state index >= 15 is 0 Å². The van der Waals surface area contributed by atoms with Gasteiger partial charge in [0, 0.05) is 6.61 Å². The molecule has 0 spiro atoms. The second-order valence-corrected chi connectivity index (χ2v) is 4.43. The van der Waals surface area contributed by atoms with Crippen LogP contribution >= 0.6 is 0 Å². The maximum absolute atomic E-state index is 5.87. The highest BCUT2D eigenvalue weighted by Crippen LogP contribution is 2.19. The molecule has 0 saturated carbocycles. The van der Waals surface area contributed by atoms with E-state index in [1.165, 1.54) is 0 Å². The molecule has 0 unspecified atom stereocenters. The lowest BCUT2D eigenvalue weighted by Gasteiger charge is -2.25. The minimum absolute atomic E-state index is 0.204. The Morgan fingerprint density at radius 1 is 1.40 bits per heavy atom. The van der Waals surface area contributed by atoms with Crippen LogP contribution in [0.2, 0.25) is 0 Å². The van der Waals surface area contributed by atoms with Crippen molar-refractivity contribution in [3.63, 3.8) is 0 Å². The van der Waals surface area contributed by atoms with E-state index in [4.69, 9.17) is 10.5 Å². The first-order chi connectivity index (χ1) is 6.87. The third-order valence-electron chi connectivity index (χ3n) is 2.50. The Kier molecular flexibility index (Phi) is 3.39. The fourth-order valence-corrected chi connectivity index (χ4v) is 1.66. The molecule has 0 bridgehead atoms. The second kappa shape index (κ2) is 4.23. The van der Waals surface area contributed by atoms with E-state index in [-0.39, 0.29) is 5.60 Å². The van der Waals surface area contributed by atoms with Crippen LogP contribution in [0.3, 0.4) is 0 Å². The smallest absolute Gasteiger partial charge is 0.0825 e. The lowest BCUT2D eigenvalue weighted by Crippen LogP contribution is -2.31. The number of nitrogens with zero attached hydrogens (tertiary/aromatic N) is 2. The molecule has 1 aromatic rings. The number of ether oxygens (including phenoxy) is 1. The van der Waals surface area contributed by atoms with Crippen LogP contribution in [0, 0.1) is 13.8 Å². The SMILES string of the molecule is CCOC(C)(C)Cn1nc(C)c(N)c1C. The molecule has 1 heterocycles. The Morgan fingerprint density at radius 2 is 2.00 bits per heavy atom. The summed E-state index contributed by atoms with van der Waals surface area (Å²) >= 11 is 0. The van der Waals surface area contributed by atoms with E-state index in [9.17, 15) is 0 Å².